The van der Waals surface area contributed by atoms with E-state index in [1.165, 1.54) is 6.08 Å². The Morgan fingerprint density at radius 2 is 2.17 bits per heavy atom. The number of halogens is 1. The smallest absolute Gasteiger partial charge is 0.247 e. The summed E-state index contributed by atoms with van der Waals surface area (Å²) in [6, 6.07) is 9.09. The highest BCUT2D eigenvalue weighted by Crippen LogP contribution is 2.23. The van der Waals surface area contributed by atoms with Crippen LogP contribution in [0.15, 0.2) is 52.5 Å². The number of nitrogen functional groups attached to an aromatic ring is 1. The molecule has 1 atom stereocenters. The van der Waals surface area contributed by atoms with Crippen LogP contribution in [0.1, 0.15) is 17.4 Å². The number of hydrogen-bond acceptors (Lipinski definition) is 5. The number of carbonyl (C=O) groups is 2. The van der Waals surface area contributed by atoms with E-state index >= 15 is 0 Å². The number of piperazine rings is 1. The minimum Gasteiger partial charge on any atom is -0.398 e. The number of pyridine rings is 1. The van der Waals surface area contributed by atoms with Crippen LogP contribution in [-0.4, -0.2) is 45.7 Å². The lowest BCUT2D eigenvalue weighted by Crippen LogP contribution is -2.56. The molecule has 1 fully saturated rings. The molecule has 3 aromatic rings. The average Bonchev–Trinajstić information content (AvgIpc) is 3.15. The van der Waals surface area contributed by atoms with Crippen LogP contribution in [-0.2, 0) is 16.1 Å². The maximum Gasteiger partial charge on any atom is 0.247 e. The summed E-state index contributed by atoms with van der Waals surface area (Å²) >= 11 is 4.95. The minimum atomic E-state index is -0.500. The second kappa shape index (κ2) is 8.57. The maximum absolute atomic E-state index is 12.9. The van der Waals surface area contributed by atoms with E-state index in [9.17, 15) is 9.59 Å². The van der Waals surface area contributed by atoms with Gasteiger partial charge in [0.1, 0.15) is 6.04 Å². The molecule has 0 radical (unpaired) electrons. The summed E-state index contributed by atoms with van der Waals surface area (Å²) < 4.78 is 0.989. The standard InChI is InChI=1S/C22H21BrN4O2S/c1-14-22(29)26(12-15-2-4-18-19(24)6-7-25-20(18)10-15)8-9-27(14)21(28)5-3-17-11-16(23)13-30-17/h2-7,10-11,13-14H,8-9,12H2,1H3,(H2,24,25)/t14-/m0/s1. The second-order valence-electron chi connectivity index (χ2n) is 7.22. The monoisotopic (exact) mass is 484 g/mol. The molecular weight excluding hydrogens is 464 g/mol. The van der Waals surface area contributed by atoms with E-state index < -0.39 is 6.04 Å². The van der Waals surface area contributed by atoms with Crippen LogP contribution in [0.3, 0.4) is 0 Å². The number of nitrogens with zero attached hydrogens (tertiary/aromatic N) is 3. The molecule has 6 nitrogen and oxygen atoms in total. The van der Waals surface area contributed by atoms with Gasteiger partial charge < -0.3 is 15.5 Å². The Labute approximate surface area is 187 Å². The first-order valence-electron chi connectivity index (χ1n) is 9.57. The van der Waals surface area contributed by atoms with Gasteiger partial charge in [-0.2, -0.15) is 0 Å². The average molecular weight is 485 g/mol. The number of nitrogens with two attached hydrogens (primary N) is 1. The van der Waals surface area contributed by atoms with Gasteiger partial charge in [0, 0.05) is 57.7 Å². The number of carbonyl (C=O) groups excluding carboxylic acids is 2. The highest BCUT2D eigenvalue weighted by Gasteiger charge is 2.33. The molecule has 4 rings (SSSR count). The molecule has 154 valence electrons. The molecule has 8 heteroatoms. The van der Waals surface area contributed by atoms with Crippen LogP contribution in [0.5, 0.6) is 0 Å². The Balaban J connectivity index is 1.43. The third kappa shape index (κ3) is 4.24. The molecule has 0 aliphatic carbocycles. The van der Waals surface area contributed by atoms with E-state index in [1.54, 1.807) is 46.4 Å². The first-order chi connectivity index (χ1) is 14.4. The molecule has 1 aliphatic rings. The van der Waals surface area contributed by atoms with Crippen molar-refractivity contribution in [2.24, 2.45) is 0 Å². The highest BCUT2D eigenvalue weighted by atomic mass is 79.9. The number of hydrogen-bond donors (Lipinski definition) is 1. The Bertz CT molecular complexity index is 1140. The van der Waals surface area contributed by atoms with Gasteiger partial charge in [-0.05, 0) is 52.7 Å². The fourth-order valence-corrected chi connectivity index (χ4v) is 4.92. The summed E-state index contributed by atoms with van der Waals surface area (Å²) in [6.07, 6.45) is 5.01. The van der Waals surface area contributed by atoms with Crippen LogP contribution in [0.4, 0.5) is 5.69 Å². The molecule has 1 aromatic carbocycles. The van der Waals surface area contributed by atoms with Gasteiger partial charge in [-0.25, -0.2) is 0 Å². The van der Waals surface area contributed by atoms with Gasteiger partial charge in [-0.15, -0.1) is 11.3 Å². The van der Waals surface area contributed by atoms with Crippen LogP contribution >= 0.6 is 27.3 Å². The lowest BCUT2D eigenvalue weighted by molar-refractivity contribution is -0.148. The number of fused-ring (bicyclic) bond motifs is 1. The SMILES string of the molecule is C[C@H]1C(=O)N(Cc2ccc3c(N)ccnc3c2)CCN1C(=O)C=Cc1cc(Br)cs1. The van der Waals surface area contributed by atoms with Gasteiger partial charge in [0.15, 0.2) is 0 Å². The Kier molecular flexibility index (Phi) is 5.87. The number of amides is 2. The summed E-state index contributed by atoms with van der Waals surface area (Å²) in [5, 5.41) is 2.87. The van der Waals surface area contributed by atoms with Crippen molar-refractivity contribution < 1.29 is 9.59 Å². The zero-order valence-electron chi connectivity index (χ0n) is 16.4. The van der Waals surface area contributed by atoms with Crippen molar-refractivity contribution in [3.05, 3.63) is 62.9 Å². The van der Waals surface area contributed by atoms with Gasteiger partial charge in [-0.3, -0.25) is 14.6 Å². The van der Waals surface area contributed by atoms with Gasteiger partial charge in [-0.1, -0.05) is 12.1 Å². The summed E-state index contributed by atoms with van der Waals surface area (Å²) in [4.78, 5) is 34.3. The molecule has 2 N–H and O–H groups in total. The molecule has 1 aliphatic heterocycles. The molecule has 3 heterocycles. The van der Waals surface area contributed by atoms with Crippen LogP contribution in [0, 0.1) is 0 Å². The number of anilines is 1. The zero-order valence-corrected chi connectivity index (χ0v) is 18.8. The van der Waals surface area contributed by atoms with Crippen molar-refractivity contribution in [2.75, 3.05) is 18.8 Å². The zero-order chi connectivity index (χ0) is 21.3. The highest BCUT2D eigenvalue weighted by molar-refractivity contribution is 9.10. The third-order valence-corrected chi connectivity index (χ3v) is 6.88. The summed E-state index contributed by atoms with van der Waals surface area (Å²) in [5.74, 6) is -0.201. The van der Waals surface area contributed by atoms with E-state index in [4.69, 9.17) is 5.73 Å². The lowest BCUT2D eigenvalue weighted by Gasteiger charge is -2.38. The van der Waals surface area contributed by atoms with Gasteiger partial charge in [0.2, 0.25) is 11.8 Å². The fourth-order valence-electron chi connectivity index (χ4n) is 3.59. The molecule has 2 amide bonds. The van der Waals surface area contributed by atoms with E-state index in [2.05, 4.69) is 20.9 Å². The molecule has 0 spiro atoms. The van der Waals surface area contributed by atoms with Crippen molar-refractivity contribution in [1.29, 1.82) is 0 Å². The van der Waals surface area contributed by atoms with E-state index in [0.29, 0.717) is 25.3 Å². The molecule has 1 saturated heterocycles. The van der Waals surface area contributed by atoms with Crippen molar-refractivity contribution in [3.63, 3.8) is 0 Å². The summed E-state index contributed by atoms with van der Waals surface area (Å²) in [7, 11) is 0. The molecular formula is C22H21BrN4O2S. The molecule has 0 unspecified atom stereocenters. The minimum absolute atomic E-state index is 0.0532. The second-order valence-corrected chi connectivity index (χ2v) is 9.08. The number of rotatable bonds is 4. The molecule has 2 aromatic heterocycles. The van der Waals surface area contributed by atoms with Crippen LogP contribution in [0.25, 0.3) is 17.0 Å². The third-order valence-electron chi connectivity index (χ3n) is 5.22. The van der Waals surface area contributed by atoms with Crippen LogP contribution in [0.2, 0.25) is 0 Å². The van der Waals surface area contributed by atoms with Crippen molar-refractivity contribution in [2.45, 2.75) is 19.5 Å². The molecule has 0 saturated carbocycles. The predicted molar refractivity (Wildman–Crippen MR) is 124 cm³/mol. The number of thiophene rings is 1. The fraction of sp³-hybridized carbons (Fsp3) is 0.227. The topological polar surface area (TPSA) is 79.5 Å². The van der Waals surface area contributed by atoms with Crippen LogP contribution < -0.4 is 5.73 Å². The predicted octanol–water partition coefficient (Wildman–Crippen LogP) is 3.91. The molecule has 30 heavy (non-hydrogen) atoms. The van der Waals surface area contributed by atoms with Gasteiger partial charge >= 0.3 is 0 Å². The van der Waals surface area contributed by atoms with E-state index in [-0.39, 0.29) is 11.8 Å². The van der Waals surface area contributed by atoms with Gasteiger partial charge in [0.05, 0.1) is 5.52 Å². The van der Waals surface area contributed by atoms with Crippen molar-refractivity contribution in [3.8, 4) is 0 Å². The largest absolute Gasteiger partial charge is 0.398 e. The number of benzene rings is 1. The summed E-state index contributed by atoms with van der Waals surface area (Å²) in [5.41, 5.74) is 8.48. The first kappa shape index (κ1) is 20.6. The molecule has 0 bridgehead atoms. The number of aromatic nitrogens is 1. The van der Waals surface area contributed by atoms with Crippen molar-refractivity contribution in [1.82, 2.24) is 14.8 Å². The van der Waals surface area contributed by atoms with E-state index in [1.807, 2.05) is 29.6 Å². The maximum atomic E-state index is 12.9. The Morgan fingerprint density at radius 3 is 2.93 bits per heavy atom. The summed E-state index contributed by atoms with van der Waals surface area (Å²) in [6.45, 7) is 3.26. The first-order valence-corrected chi connectivity index (χ1v) is 11.2. The normalized spacial score (nSPS) is 17.3. The Morgan fingerprint density at radius 1 is 1.33 bits per heavy atom. The van der Waals surface area contributed by atoms with Crippen molar-refractivity contribution >= 4 is 61.7 Å². The Hall–Kier alpha value is -2.71. The van der Waals surface area contributed by atoms with E-state index in [0.717, 1.165) is 25.8 Å². The quantitative estimate of drug-likeness (QED) is 0.569. The van der Waals surface area contributed by atoms with Gasteiger partial charge in [0.25, 0.3) is 0 Å². The lowest BCUT2D eigenvalue weighted by atomic mass is 10.1.